The van der Waals surface area contributed by atoms with E-state index in [1.807, 2.05) is 0 Å². The molecule has 1 aliphatic rings. The van der Waals surface area contributed by atoms with E-state index < -0.39 is 0 Å². The second-order valence-corrected chi connectivity index (χ2v) is 5.42. The van der Waals surface area contributed by atoms with Gasteiger partial charge >= 0.3 is 0 Å². The van der Waals surface area contributed by atoms with Crippen molar-refractivity contribution in [2.45, 2.75) is 19.4 Å². The van der Waals surface area contributed by atoms with Crippen LogP contribution in [0.1, 0.15) is 18.5 Å². The summed E-state index contributed by atoms with van der Waals surface area (Å²) < 4.78 is 2.09. The van der Waals surface area contributed by atoms with E-state index in [1.54, 1.807) is 11.3 Å². The van der Waals surface area contributed by atoms with Crippen LogP contribution in [0.25, 0.3) is 4.96 Å². The fourth-order valence-electron chi connectivity index (χ4n) is 2.32. The van der Waals surface area contributed by atoms with Crippen molar-refractivity contribution in [3.05, 3.63) is 23.5 Å². The first-order valence-corrected chi connectivity index (χ1v) is 7.14. The summed E-state index contributed by atoms with van der Waals surface area (Å²) in [5.41, 5.74) is 1.14. The van der Waals surface area contributed by atoms with Crippen molar-refractivity contribution in [2.24, 2.45) is 0 Å². The van der Waals surface area contributed by atoms with Gasteiger partial charge in [0, 0.05) is 37.4 Å². The number of nitrogens with zero attached hydrogens (tertiary/aromatic N) is 3. The van der Waals surface area contributed by atoms with Crippen LogP contribution >= 0.6 is 11.3 Å². The van der Waals surface area contributed by atoms with E-state index in [4.69, 9.17) is 0 Å². The highest BCUT2D eigenvalue weighted by Crippen LogP contribution is 2.11. The number of likely N-dealkylation sites (tertiary alicyclic amines) is 1. The van der Waals surface area contributed by atoms with E-state index in [0.29, 0.717) is 0 Å². The molecule has 2 aromatic rings. The van der Waals surface area contributed by atoms with Crippen molar-refractivity contribution < 1.29 is 0 Å². The Morgan fingerprint density at radius 2 is 2.24 bits per heavy atom. The lowest BCUT2D eigenvalue weighted by Crippen LogP contribution is -2.29. The number of hydrogen-bond acceptors (Lipinski definition) is 4. The fourth-order valence-corrected chi connectivity index (χ4v) is 3.04. The van der Waals surface area contributed by atoms with E-state index in [1.165, 1.54) is 32.5 Å². The molecule has 0 atom stereocenters. The highest BCUT2D eigenvalue weighted by atomic mass is 32.1. The molecule has 0 amide bonds. The summed E-state index contributed by atoms with van der Waals surface area (Å²) >= 11 is 1.68. The van der Waals surface area contributed by atoms with Gasteiger partial charge in [-0.25, -0.2) is 4.98 Å². The van der Waals surface area contributed by atoms with E-state index >= 15 is 0 Å². The Kier molecular flexibility index (Phi) is 3.40. The van der Waals surface area contributed by atoms with Gasteiger partial charge in [-0.05, 0) is 25.9 Å². The van der Waals surface area contributed by atoms with Crippen LogP contribution in [0.4, 0.5) is 0 Å². The van der Waals surface area contributed by atoms with Gasteiger partial charge in [0.1, 0.15) is 0 Å². The zero-order chi connectivity index (χ0) is 11.5. The molecule has 0 radical (unpaired) electrons. The number of hydrogen-bond donors (Lipinski definition) is 1. The average Bonchev–Trinajstić information content (AvgIpc) is 3.00. The molecule has 1 N–H and O–H groups in total. The fraction of sp³-hybridized carbons (Fsp3) is 0.583. The first-order valence-electron chi connectivity index (χ1n) is 6.26. The SMILES string of the molecule is c1cn2cc(CNCCN3CCCC3)nc2s1. The molecular formula is C12H18N4S. The molecule has 2 aromatic heterocycles. The third-order valence-corrected chi connectivity index (χ3v) is 4.02. The monoisotopic (exact) mass is 250 g/mol. The molecule has 0 aromatic carbocycles. The molecule has 0 saturated carbocycles. The predicted molar refractivity (Wildman–Crippen MR) is 70.4 cm³/mol. The highest BCUT2D eigenvalue weighted by molar-refractivity contribution is 7.15. The van der Waals surface area contributed by atoms with E-state index in [0.717, 1.165) is 23.7 Å². The molecule has 0 aliphatic carbocycles. The van der Waals surface area contributed by atoms with Crippen LogP contribution in [0.5, 0.6) is 0 Å². The number of rotatable bonds is 5. The second kappa shape index (κ2) is 5.16. The number of aromatic nitrogens is 2. The van der Waals surface area contributed by atoms with E-state index in [-0.39, 0.29) is 0 Å². The standard InChI is InChI=1S/C12H18N4S/c1-2-5-15(4-1)6-3-13-9-11-10-16-7-8-17-12(16)14-11/h7-8,10,13H,1-6,9H2. The highest BCUT2D eigenvalue weighted by Gasteiger charge is 2.10. The van der Waals surface area contributed by atoms with Gasteiger partial charge in [0.15, 0.2) is 4.96 Å². The van der Waals surface area contributed by atoms with Gasteiger partial charge in [0.2, 0.25) is 0 Å². The normalized spacial score (nSPS) is 17.2. The molecule has 0 unspecified atom stereocenters. The van der Waals surface area contributed by atoms with Crippen molar-refractivity contribution in [3.63, 3.8) is 0 Å². The zero-order valence-corrected chi connectivity index (χ0v) is 10.7. The van der Waals surface area contributed by atoms with Gasteiger partial charge in [0.05, 0.1) is 5.69 Å². The summed E-state index contributed by atoms with van der Waals surface area (Å²) in [7, 11) is 0. The van der Waals surface area contributed by atoms with Crippen LogP contribution in [-0.2, 0) is 6.54 Å². The molecule has 0 bridgehead atoms. The van der Waals surface area contributed by atoms with Crippen molar-refractivity contribution in [1.29, 1.82) is 0 Å². The smallest absolute Gasteiger partial charge is 0.193 e. The van der Waals surface area contributed by atoms with Crippen molar-refractivity contribution in [3.8, 4) is 0 Å². The second-order valence-electron chi connectivity index (χ2n) is 4.55. The van der Waals surface area contributed by atoms with Crippen molar-refractivity contribution >= 4 is 16.3 Å². The summed E-state index contributed by atoms with van der Waals surface area (Å²) in [6.45, 7) is 5.67. The lowest BCUT2D eigenvalue weighted by Gasteiger charge is -2.14. The summed E-state index contributed by atoms with van der Waals surface area (Å²) in [4.78, 5) is 8.16. The Labute approximate surface area is 105 Å². The minimum atomic E-state index is 0.877. The predicted octanol–water partition coefficient (Wildman–Crippen LogP) is 1.58. The third-order valence-electron chi connectivity index (χ3n) is 3.25. The van der Waals surface area contributed by atoms with Crippen LogP contribution in [0, 0.1) is 0 Å². The maximum absolute atomic E-state index is 4.55. The van der Waals surface area contributed by atoms with Crippen LogP contribution in [-0.4, -0.2) is 40.5 Å². The first kappa shape index (κ1) is 11.2. The maximum Gasteiger partial charge on any atom is 0.193 e. The Morgan fingerprint density at radius 3 is 3.06 bits per heavy atom. The zero-order valence-electron chi connectivity index (χ0n) is 9.93. The molecule has 4 nitrogen and oxygen atoms in total. The minimum absolute atomic E-state index is 0.877. The topological polar surface area (TPSA) is 32.6 Å². The van der Waals surface area contributed by atoms with Gasteiger partial charge in [-0.3, -0.25) is 4.40 Å². The average molecular weight is 250 g/mol. The van der Waals surface area contributed by atoms with Crippen LogP contribution in [0.2, 0.25) is 0 Å². The van der Waals surface area contributed by atoms with Crippen LogP contribution in [0.3, 0.4) is 0 Å². The molecule has 3 heterocycles. The molecule has 1 fully saturated rings. The summed E-state index contributed by atoms with van der Waals surface area (Å²) in [6, 6.07) is 0. The van der Waals surface area contributed by atoms with Gasteiger partial charge in [0.25, 0.3) is 0 Å². The Hall–Kier alpha value is -0.910. The summed E-state index contributed by atoms with van der Waals surface area (Å²) in [5, 5.41) is 5.53. The lowest BCUT2D eigenvalue weighted by molar-refractivity contribution is 0.335. The molecule has 17 heavy (non-hydrogen) atoms. The molecule has 92 valence electrons. The largest absolute Gasteiger partial charge is 0.310 e. The number of fused-ring (bicyclic) bond motifs is 1. The van der Waals surface area contributed by atoms with E-state index in [9.17, 15) is 0 Å². The van der Waals surface area contributed by atoms with Gasteiger partial charge < -0.3 is 10.2 Å². The lowest BCUT2D eigenvalue weighted by atomic mass is 10.4. The Bertz CT molecular complexity index is 441. The maximum atomic E-state index is 4.55. The summed E-state index contributed by atoms with van der Waals surface area (Å²) in [6.07, 6.45) is 6.91. The van der Waals surface area contributed by atoms with Crippen LogP contribution in [0.15, 0.2) is 17.8 Å². The molecule has 5 heteroatoms. The number of imidazole rings is 1. The minimum Gasteiger partial charge on any atom is -0.310 e. The molecule has 1 saturated heterocycles. The van der Waals surface area contributed by atoms with Crippen molar-refractivity contribution in [1.82, 2.24) is 19.6 Å². The van der Waals surface area contributed by atoms with Crippen molar-refractivity contribution in [2.75, 3.05) is 26.2 Å². The summed E-state index contributed by atoms with van der Waals surface area (Å²) in [5.74, 6) is 0. The molecule has 3 rings (SSSR count). The quantitative estimate of drug-likeness (QED) is 0.818. The first-order chi connectivity index (χ1) is 8.42. The Morgan fingerprint density at radius 1 is 1.35 bits per heavy atom. The molecule has 1 aliphatic heterocycles. The number of nitrogens with one attached hydrogen (secondary N) is 1. The molecular weight excluding hydrogens is 232 g/mol. The Balaban J connectivity index is 1.43. The number of thiazole rings is 1. The van der Waals surface area contributed by atoms with E-state index in [2.05, 4.69) is 37.4 Å². The third kappa shape index (κ3) is 2.68. The van der Waals surface area contributed by atoms with Gasteiger partial charge in [-0.1, -0.05) is 0 Å². The molecule has 0 spiro atoms. The van der Waals surface area contributed by atoms with Gasteiger partial charge in [-0.15, -0.1) is 11.3 Å². The van der Waals surface area contributed by atoms with Crippen LogP contribution < -0.4 is 5.32 Å². The van der Waals surface area contributed by atoms with Gasteiger partial charge in [-0.2, -0.15) is 0 Å².